The zero-order valence-electron chi connectivity index (χ0n) is 14.8. The number of hydrogen-bond donors (Lipinski definition) is 2. The zero-order valence-corrected chi connectivity index (χ0v) is 15.6. The molecule has 1 fully saturated rings. The van der Waals surface area contributed by atoms with E-state index in [1.54, 1.807) is 18.2 Å². The van der Waals surface area contributed by atoms with E-state index in [4.69, 9.17) is 0 Å². The molecule has 1 aromatic heterocycles. The highest BCUT2D eigenvalue weighted by atomic mass is 32.2. The summed E-state index contributed by atoms with van der Waals surface area (Å²) in [6, 6.07) is 9.83. The van der Waals surface area contributed by atoms with E-state index in [1.165, 1.54) is 12.1 Å². The quantitative estimate of drug-likeness (QED) is 0.713. The highest BCUT2D eigenvalue weighted by Gasteiger charge is 2.46. The van der Waals surface area contributed by atoms with Crippen LogP contribution >= 0.6 is 0 Å². The second kappa shape index (κ2) is 5.93. The average Bonchev–Trinajstić information content (AvgIpc) is 3.27. The van der Waals surface area contributed by atoms with Crippen molar-refractivity contribution in [3.05, 3.63) is 65.1 Å². The predicted octanol–water partition coefficient (Wildman–Crippen LogP) is 3.93. The van der Waals surface area contributed by atoms with Crippen LogP contribution < -0.4 is 4.72 Å². The number of sulfonamides is 1. The first-order valence-corrected chi connectivity index (χ1v) is 10.1. The van der Waals surface area contributed by atoms with E-state index in [-0.39, 0.29) is 16.1 Å². The summed E-state index contributed by atoms with van der Waals surface area (Å²) in [5.41, 5.74) is 3.59. The number of benzene rings is 2. The predicted molar refractivity (Wildman–Crippen MR) is 100 cm³/mol. The second-order valence-electron chi connectivity index (χ2n) is 7.24. The number of hydrogen-bond acceptors (Lipinski definition) is 2. The van der Waals surface area contributed by atoms with Crippen molar-refractivity contribution in [2.24, 2.45) is 0 Å². The molecule has 26 heavy (non-hydrogen) atoms. The average molecular weight is 372 g/mol. The third-order valence-corrected chi connectivity index (χ3v) is 6.86. The standard InChI is InChI=1S/C20H21FN2O2S/c1-13-3-5-16(9-14(13)2)26(24,25)23-12-20(7-8-20)18-11-22-19-10-15(21)4-6-17(18)19/h3-6,9-11,22-23H,7-8,12H2,1-2H3. The maximum atomic E-state index is 13.4. The van der Waals surface area contributed by atoms with E-state index in [0.717, 1.165) is 40.4 Å². The maximum absolute atomic E-state index is 13.4. The van der Waals surface area contributed by atoms with Crippen molar-refractivity contribution in [1.82, 2.24) is 9.71 Å². The lowest BCUT2D eigenvalue weighted by Gasteiger charge is -2.16. The summed E-state index contributed by atoms with van der Waals surface area (Å²) < 4.78 is 41.5. The summed E-state index contributed by atoms with van der Waals surface area (Å²) in [5, 5.41) is 0.953. The van der Waals surface area contributed by atoms with Crippen LogP contribution in [0.2, 0.25) is 0 Å². The molecule has 4 rings (SSSR count). The van der Waals surface area contributed by atoms with Gasteiger partial charge >= 0.3 is 0 Å². The van der Waals surface area contributed by atoms with Crippen molar-refractivity contribution >= 4 is 20.9 Å². The lowest BCUT2D eigenvalue weighted by atomic mass is 9.96. The Bertz CT molecular complexity index is 1100. The van der Waals surface area contributed by atoms with Gasteiger partial charge < -0.3 is 4.98 Å². The van der Waals surface area contributed by atoms with Gasteiger partial charge in [0.1, 0.15) is 5.82 Å². The molecule has 1 heterocycles. The van der Waals surface area contributed by atoms with Crippen LogP contribution in [0.15, 0.2) is 47.5 Å². The van der Waals surface area contributed by atoms with Crippen molar-refractivity contribution in [3.8, 4) is 0 Å². The number of nitrogens with one attached hydrogen (secondary N) is 2. The summed E-state index contributed by atoms with van der Waals surface area (Å²) in [6.07, 6.45) is 3.70. The van der Waals surface area contributed by atoms with Crippen molar-refractivity contribution in [1.29, 1.82) is 0 Å². The monoisotopic (exact) mass is 372 g/mol. The SMILES string of the molecule is Cc1ccc(S(=O)(=O)NCC2(c3c[nH]c4cc(F)ccc34)CC2)cc1C. The van der Waals surface area contributed by atoms with Crippen molar-refractivity contribution in [2.75, 3.05) is 6.54 Å². The van der Waals surface area contributed by atoms with E-state index in [0.29, 0.717) is 6.54 Å². The molecule has 0 radical (unpaired) electrons. The summed E-state index contributed by atoms with van der Waals surface area (Å²) in [5.74, 6) is -0.286. The number of aromatic nitrogens is 1. The van der Waals surface area contributed by atoms with Crippen molar-refractivity contribution < 1.29 is 12.8 Å². The molecule has 0 spiro atoms. The largest absolute Gasteiger partial charge is 0.361 e. The fourth-order valence-electron chi connectivity index (χ4n) is 3.43. The molecular weight excluding hydrogens is 351 g/mol. The molecule has 2 N–H and O–H groups in total. The van der Waals surface area contributed by atoms with Gasteiger partial charge in [-0.15, -0.1) is 0 Å². The summed E-state index contributed by atoms with van der Waals surface area (Å²) in [6.45, 7) is 4.20. The number of rotatable bonds is 5. The lowest BCUT2D eigenvalue weighted by molar-refractivity contribution is 0.567. The van der Waals surface area contributed by atoms with Crippen molar-refractivity contribution in [2.45, 2.75) is 37.0 Å². The molecule has 0 unspecified atom stereocenters. The van der Waals surface area contributed by atoms with Gasteiger partial charge in [0.05, 0.1) is 4.90 Å². The highest BCUT2D eigenvalue weighted by molar-refractivity contribution is 7.89. The maximum Gasteiger partial charge on any atom is 0.240 e. The molecule has 0 atom stereocenters. The third kappa shape index (κ3) is 2.93. The van der Waals surface area contributed by atoms with Crippen LogP contribution in [0.1, 0.15) is 29.5 Å². The Kier molecular flexibility index (Phi) is 3.93. The van der Waals surface area contributed by atoms with Gasteiger partial charge in [0, 0.05) is 29.1 Å². The smallest absolute Gasteiger partial charge is 0.240 e. The van der Waals surface area contributed by atoms with E-state index < -0.39 is 10.0 Å². The van der Waals surface area contributed by atoms with E-state index in [9.17, 15) is 12.8 Å². The number of H-pyrrole nitrogens is 1. The van der Waals surface area contributed by atoms with Gasteiger partial charge in [-0.2, -0.15) is 0 Å². The van der Waals surface area contributed by atoms with Crippen molar-refractivity contribution in [3.63, 3.8) is 0 Å². The molecule has 1 aliphatic rings. The molecule has 0 amide bonds. The number of fused-ring (bicyclic) bond motifs is 1. The van der Waals surface area contributed by atoms with Gasteiger partial charge in [0.2, 0.25) is 10.0 Å². The Morgan fingerprint density at radius 1 is 1.12 bits per heavy atom. The zero-order chi connectivity index (χ0) is 18.5. The molecule has 6 heteroatoms. The summed E-state index contributed by atoms with van der Waals surface area (Å²) in [7, 11) is -3.56. The Labute approximate surface area is 152 Å². The minimum atomic E-state index is -3.56. The van der Waals surface area contributed by atoms with E-state index in [2.05, 4.69) is 9.71 Å². The normalized spacial score (nSPS) is 16.1. The molecule has 0 bridgehead atoms. The van der Waals surface area contributed by atoms with Gasteiger partial charge in [-0.25, -0.2) is 17.5 Å². The Morgan fingerprint density at radius 2 is 1.88 bits per heavy atom. The van der Waals surface area contributed by atoms with Crippen LogP contribution in [0.4, 0.5) is 4.39 Å². The van der Waals surface area contributed by atoms with Gasteiger partial charge in [-0.1, -0.05) is 6.07 Å². The first-order valence-electron chi connectivity index (χ1n) is 8.65. The molecule has 2 aromatic carbocycles. The molecule has 1 aliphatic carbocycles. The van der Waals surface area contributed by atoms with Gasteiger partial charge in [-0.3, -0.25) is 0 Å². The van der Waals surface area contributed by atoms with E-state index >= 15 is 0 Å². The third-order valence-electron chi connectivity index (χ3n) is 5.46. The molecular formula is C20H21FN2O2S. The topological polar surface area (TPSA) is 62.0 Å². The Hall–Kier alpha value is -2.18. The van der Waals surface area contributed by atoms with Crippen LogP contribution in [-0.2, 0) is 15.4 Å². The number of aromatic amines is 1. The first kappa shape index (κ1) is 17.2. The Morgan fingerprint density at radius 3 is 2.58 bits per heavy atom. The van der Waals surface area contributed by atoms with Crippen LogP contribution in [0, 0.1) is 19.7 Å². The fourth-order valence-corrected chi connectivity index (χ4v) is 4.64. The molecule has 3 aromatic rings. The molecule has 136 valence electrons. The molecule has 4 nitrogen and oxygen atoms in total. The second-order valence-corrected chi connectivity index (χ2v) is 9.01. The Balaban J connectivity index is 1.59. The van der Waals surface area contributed by atoms with Gasteiger partial charge in [0.15, 0.2) is 0 Å². The fraction of sp³-hybridized carbons (Fsp3) is 0.300. The molecule has 0 saturated heterocycles. The van der Waals surface area contributed by atoms with Crippen LogP contribution in [0.3, 0.4) is 0 Å². The number of halogens is 1. The van der Waals surface area contributed by atoms with Gasteiger partial charge in [-0.05, 0) is 73.7 Å². The highest BCUT2D eigenvalue weighted by Crippen LogP contribution is 2.50. The van der Waals surface area contributed by atoms with Crippen LogP contribution in [0.5, 0.6) is 0 Å². The lowest BCUT2D eigenvalue weighted by Crippen LogP contribution is -2.32. The summed E-state index contributed by atoms with van der Waals surface area (Å²) in [4.78, 5) is 3.39. The molecule has 0 aliphatic heterocycles. The van der Waals surface area contributed by atoms with Gasteiger partial charge in [0.25, 0.3) is 0 Å². The van der Waals surface area contributed by atoms with Crippen LogP contribution in [-0.4, -0.2) is 19.9 Å². The van der Waals surface area contributed by atoms with Crippen LogP contribution in [0.25, 0.3) is 10.9 Å². The number of aryl methyl sites for hydroxylation is 2. The minimum Gasteiger partial charge on any atom is -0.361 e. The summed E-state index contributed by atoms with van der Waals surface area (Å²) >= 11 is 0. The molecule has 1 saturated carbocycles. The minimum absolute atomic E-state index is 0.219. The van der Waals surface area contributed by atoms with E-state index in [1.807, 2.05) is 26.1 Å². The first-order chi connectivity index (χ1) is 12.3.